The minimum Gasteiger partial charge on any atom is -0.465 e. The first-order chi connectivity index (χ1) is 8.95. The van der Waals surface area contributed by atoms with E-state index in [9.17, 15) is 19.3 Å². The number of nitro benzene ring substituents is 1. The summed E-state index contributed by atoms with van der Waals surface area (Å²) in [6.07, 6.45) is -0.141. The zero-order valence-electron chi connectivity index (χ0n) is 10.5. The highest BCUT2D eigenvalue weighted by Crippen LogP contribution is 2.22. The van der Waals surface area contributed by atoms with Gasteiger partial charge in [0.05, 0.1) is 17.6 Å². The van der Waals surface area contributed by atoms with Gasteiger partial charge in [-0.3, -0.25) is 14.9 Å². The summed E-state index contributed by atoms with van der Waals surface area (Å²) in [5.41, 5.74) is 0.124. The molecule has 0 fully saturated rings. The van der Waals surface area contributed by atoms with Crippen LogP contribution in [-0.2, 0) is 9.53 Å². The Morgan fingerprint density at radius 3 is 2.79 bits per heavy atom. The molecule has 0 radical (unpaired) electrons. The van der Waals surface area contributed by atoms with Crippen LogP contribution in [0.3, 0.4) is 0 Å². The number of nitrogens with zero attached hydrogens (tertiary/aromatic N) is 1. The molecule has 0 aliphatic carbocycles. The molecule has 0 bridgehead atoms. The van der Waals surface area contributed by atoms with Crippen LogP contribution in [0.2, 0.25) is 0 Å². The third-order valence-electron chi connectivity index (χ3n) is 2.30. The molecule has 0 spiro atoms. The summed E-state index contributed by atoms with van der Waals surface area (Å²) < 4.78 is 17.9. The Hall–Kier alpha value is -2.42. The summed E-state index contributed by atoms with van der Waals surface area (Å²) in [4.78, 5) is 21.1. The molecule has 1 rings (SSSR count). The summed E-state index contributed by atoms with van der Waals surface area (Å²) in [5, 5.41) is 10.7. The van der Waals surface area contributed by atoms with Crippen LogP contribution in [0, 0.1) is 34.7 Å². The second-order valence-electron chi connectivity index (χ2n) is 3.64. The molecule has 0 aliphatic heterocycles. The Morgan fingerprint density at radius 1 is 1.53 bits per heavy atom. The van der Waals surface area contributed by atoms with Gasteiger partial charge in [0.15, 0.2) is 0 Å². The highest BCUT2D eigenvalue weighted by Gasteiger charge is 2.15. The van der Waals surface area contributed by atoms with Gasteiger partial charge in [-0.25, -0.2) is 4.39 Å². The first kappa shape index (κ1) is 14.6. The molecular formula is C13H12FNO4. The Kier molecular flexibility index (Phi) is 5.01. The molecule has 0 amide bonds. The zero-order chi connectivity index (χ0) is 14.4. The fourth-order valence-corrected chi connectivity index (χ4v) is 1.41. The van der Waals surface area contributed by atoms with Gasteiger partial charge in [-0.15, -0.1) is 0 Å². The number of nitro groups is 1. The van der Waals surface area contributed by atoms with E-state index >= 15 is 0 Å². The lowest BCUT2D eigenvalue weighted by Gasteiger charge is -2.00. The van der Waals surface area contributed by atoms with E-state index in [4.69, 9.17) is 0 Å². The van der Waals surface area contributed by atoms with E-state index in [0.29, 0.717) is 0 Å². The maximum atomic E-state index is 13.2. The number of carbonyl (C=O) groups excluding carboxylic acids is 1. The van der Waals surface area contributed by atoms with Crippen molar-refractivity contribution in [1.29, 1.82) is 0 Å². The van der Waals surface area contributed by atoms with E-state index in [0.717, 1.165) is 12.1 Å². The van der Waals surface area contributed by atoms with Crippen molar-refractivity contribution < 1.29 is 18.8 Å². The first-order valence-corrected chi connectivity index (χ1v) is 5.54. The average molecular weight is 265 g/mol. The van der Waals surface area contributed by atoms with Crippen LogP contribution in [0.25, 0.3) is 0 Å². The lowest BCUT2D eigenvalue weighted by Crippen LogP contribution is -2.01. The van der Waals surface area contributed by atoms with Gasteiger partial charge >= 0.3 is 5.97 Å². The van der Waals surface area contributed by atoms with E-state index in [2.05, 4.69) is 16.6 Å². The number of hydrogen-bond donors (Lipinski definition) is 0. The van der Waals surface area contributed by atoms with Crippen molar-refractivity contribution in [3.05, 3.63) is 39.2 Å². The first-order valence-electron chi connectivity index (χ1n) is 5.54. The van der Waals surface area contributed by atoms with Crippen molar-refractivity contribution in [3.8, 4) is 11.8 Å². The van der Waals surface area contributed by atoms with Crippen molar-refractivity contribution in [2.24, 2.45) is 0 Å². The van der Waals surface area contributed by atoms with Crippen LogP contribution in [0.4, 0.5) is 10.1 Å². The number of rotatable bonds is 3. The number of benzene rings is 1. The van der Waals surface area contributed by atoms with Crippen LogP contribution in [0.5, 0.6) is 0 Å². The molecule has 5 nitrogen and oxygen atoms in total. The quantitative estimate of drug-likeness (QED) is 0.364. The van der Waals surface area contributed by atoms with Gasteiger partial charge in [0.2, 0.25) is 0 Å². The summed E-state index contributed by atoms with van der Waals surface area (Å²) in [5.74, 6) is 3.82. The average Bonchev–Trinajstić information content (AvgIpc) is 2.33. The SMILES string of the molecule is CCOC(=O)CC#Cc1cc(F)cc([N+](=O)[O-])c1C. The summed E-state index contributed by atoms with van der Waals surface area (Å²) >= 11 is 0. The molecule has 6 heteroatoms. The molecule has 0 atom stereocenters. The maximum absolute atomic E-state index is 13.2. The Bertz CT molecular complexity index is 572. The van der Waals surface area contributed by atoms with Crippen molar-refractivity contribution in [2.45, 2.75) is 20.3 Å². The third kappa shape index (κ3) is 4.07. The van der Waals surface area contributed by atoms with Crippen LogP contribution >= 0.6 is 0 Å². The van der Waals surface area contributed by atoms with Gasteiger partial charge < -0.3 is 4.74 Å². The predicted molar refractivity (Wildman–Crippen MR) is 65.9 cm³/mol. The van der Waals surface area contributed by atoms with E-state index in [1.165, 1.54) is 6.92 Å². The molecule has 0 unspecified atom stereocenters. The van der Waals surface area contributed by atoms with Gasteiger partial charge in [0, 0.05) is 11.1 Å². The number of carbonyl (C=O) groups is 1. The molecule has 0 saturated heterocycles. The number of ether oxygens (including phenoxy) is 1. The number of hydrogen-bond acceptors (Lipinski definition) is 4. The van der Waals surface area contributed by atoms with Gasteiger partial charge in [0.1, 0.15) is 12.2 Å². The molecule has 0 aromatic heterocycles. The number of halogens is 1. The molecular weight excluding hydrogens is 253 g/mol. The monoisotopic (exact) mass is 265 g/mol. The number of esters is 1. The standard InChI is InChI=1S/C13H12FNO4/c1-3-19-13(16)6-4-5-10-7-11(14)8-12(9(10)2)15(17)18/h7-8H,3,6H2,1-2H3. The lowest BCUT2D eigenvalue weighted by molar-refractivity contribution is -0.385. The molecule has 0 aliphatic rings. The highest BCUT2D eigenvalue weighted by molar-refractivity contribution is 5.72. The van der Waals surface area contributed by atoms with Crippen LogP contribution in [-0.4, -0.2) is 17.5 Å². The van der Waals surface area contributed by atoms with Gasteiger partial charge in [-0.1, -0.05) is 11.8 Å². The van der Waals surface area contributed by atoms with Crippen LogP contribution in [0.15, 0.2) is 12.1 Å². The second-order valence-corrected chi connectivity index (χ2v) is 3.64. The van der Waals surface area contributed by atoms with Crippen molar-refractivity contribution in [1.82, 2.24) is 0 Å². The normalized spacial score (nSPS) is 9.42. The van der Waals surface area contributed by atoms with Crippen molar-refractivity contribution in [3.63, 3.8) is 0 Å². The maximum Gasteiger partial charge on any atom is 0.317 e. The largest absolute Gasteiger partial charge is 0.465 e. The zero-order valence-corrected chi connectivity index (χ0v) is 10.5. The Balaban J connectivity index is 2.99. The third-order valence-corrected chi connectivity index (χ3v) is 2.30. The molecule has 1 aromatic rings. The molecule has 1 aromatic carbocycles. The van der Waals surface area contributed by atoms with Crippen molar-refractivity contribution >= 4 is 11.7 Å². The van der Waals surface area contributed by atoms with Gasteiger partial charge in [-0.05, 0) is 19.9 Å². The minimum atomic E-state index is -0.738. The topological polar surface area (TPSA) is 69.4 Å². The fourth-order valence-electron chi connectivity index (χ4n) is 1.41. The Morgan fingerprint density at radius 2 is 2.21 bits per heavy atom. The van der Waals surface area contributed by atoms with E-state index in [-0.39, 0.29) is 29.8 Å². The second kappa shape index (κ2) is 6.50. The molecule has 0 heterocycles. The highest BCUT2D eigenvalue weighted by atomic mass is 19.1. The fraction of sp³-hybridized carbons (Fsp3) is 0.308. The molecule has 0 saturated carbocycles. The van der Waals surface area contributed by atoms with Crippen LogP contribution in [0.1, 0.15) is 24.5 Å². The predicted octanol–water partition coefficient (Wildman–Crippen LogP) is 2.35. The molecule has 19 heavy (non-hydrogen) atoms. The minimum absolute atomic E-state index is 0.141. The summed E-state index contributed by atoms with van der Waals surface area (Å²) in [6, 6.07) is 1.94. The summed E-state index contributed by atoms with van der Waals surface area (Å²) in [6.45, 7) is 3.41. The van der Waals surface area contributed by atoms with Crippen molar-refractivity contribution in [2.75, 3.05) is 6.61 Å². The Labute approximate surface area is 109 Å². The van der Waals surface area contributed by atoms with E-state index in [1.54, 1.807) is 6.92 Å². The van der Waals surface area contributed by atoms with Gasteiger partial charge in [0.25, 0.3) is 5.69 Å². The smallest absolute Gasteiger partial charge is 0.317 e. The molecule has 0 N–H and O–H groups in total. The van der Waals surface area contributed by atoms with E-state index < -0.39 is 16.7 Å². The van der Waals surface area contributed by atoms with Gasteiger partial charge in [-0.2, -0.15) is 0 Å². The van der Waals surface area contributed by atoms with Crippen LogP contribution < -0.4 is 0 Å². The summed E-state index contributed by atoms with van der Waals surface area (Å²) in [7, 11) is 0. The van der Waals surface area contributed by atoms with E-state index in [1.807, 2.05) is 0 Å². The lowest BCUT2D eigenvalue weighted by atomic mass is 10.1. The molecule has 100 valence electrons.